The first-order chi connectivity index (χ1) is 7.86. The molecule has 0 radical (unpaired) electrons. The number of nitrogens with two attached hydrogens (primary N) is 1. The zero-order valence-corrected chi connectivity index (χ0v) is 10.7. The van der Waals surface area contributed by atoms with E-state index in [1.807, 2.05) is 11.8 Å². The monoisotopic (exact) mass is 240 g/mol. The highest BCUT2D eigenvalue weighted by Crippen LogP contribution is 2.38. The summed E-state index contributed by atoms with van der Waals surface area (Å²) < 4.78 is 2.25. The molecular formula is C11H20N4S. The number of hydrogen-bond acceptors (Lipinski definition) is 4. The summed E-state index contributed by atoms with van der Waals surface area (Å²) in [7, 11) is 0. The summed E-state index contributed by atoms with van der Waals surface area (Å²) >= 11 is 1.83. The molecule has 1 aliphatic rings. The SMILES string of the molecule is CCCCCSc1nnc(CN)n1C1CC1. The van der Waals surface area contributed by atoms with Crippen LogP contribution < -0.4 is 5.73 Å². The van der Waals surface area contributed by atoms with E-state index in [9.17, 15) is 0 Å². The summed E-state index contributed by atoms with van der Waals surface area (Å²) in [4.78, 5) is 0. The van der Waals surface area contributed by atoms with Crippen LogP contribution in [-0.4, -0.2) is 20.5 Å². The van der Waals surface area contributed by atoms with Gasteiger partial charge in [-0.2, -0.15) is 0 Å². The molecule has 0 aromatic carbocycles. The summed E-state index contributed by atoms with van der Waals surface area (Å²) in [5, 5.41) is 9.47. The lowest BCUT2D eigenvalue weighted by Crippen LogP contribution is -2.08. The molecule has 4 nitrogen and oxygen atoms in total. The van der Waals surface area contributed by atoms with Crippen LogP contribution in [0.2, 0.25) is 0 Å². The van der Waals surface area contributed by atoms with E-state index in [2.05, 4.69) is 21.7 Å². The molecule has 90 valence electrons. The van der Waals surface area contributed by atoms with Crippen molar-refractivity contribution in [2.45, 2.75) is 56.8 Å². The van der Waals surface area contributed by atoms with Crippen molar-refractivity contribution in [3.8, 4) is 0 Å². The molecule has 2 N–H and O–H groups in total. The van der Waals surface area contributed by atoms with Crippen LogP contribution in [0.3, 0.4) is 0 Å². The molecule has 1 aromatic rings. The van der Waals surface area contributed by atoms with Gasteiger partial charge >= 0.3 is 0 Å². The Morgan fingerprint density at radius 2 is 2.19 bits per heavy atom. The number of thioether (sulfide) groups is 1. The molecular weight excluding hydrogens is 220 g/mol. The third-order valence-electron chi connectivity index (χ3n) is 2.81. The summed E-state index contributed by atoms with van der Waals surface area (Å²) in [5.41, 5.74) is 5.67. The van der Waals surface area contributed by atoms with Gasteiger partial charge in [-0.15, -0.1) is 10.2 Å². The first-order valence-corrected chi connectivity index (χ1v) is 7.12. The highest BCUT2D eigenvalue weighted by Gasteiger charge is 2.28. The molecule has 1 heterocycles. The Bertz CT molecular complexity index is 333. The molecule has 1 fully saturated rings. The van der Waals surface area contributed by atoms with E-state index in [-0.39, 0.29) is 0 Å². The van der Waals surface area contributed by atoms with Crippen molar-refractivity contribution < 1.29 is 0 Å². The fourth-order valence-electron chi connectivity index (χ4n) is 1.76. The highest BCUT2D eigenvalue weighted by atomic mass is 32.2. The summed E-state index contributed by atoms with van der Waals surface area (Å²) in [6.45, 7) is 2.73. The number of hydrogen-bond donors (Lipinski definition) is 1. The molecule has 0 saturated heterocycles. The second-order valence-electron chi connectivity index (χ2n) is 4.26. The zero-order valence-electron chi connectivity index (χ0n) is 9.85. The molecule has 1 saturated carbocycles. The Morgan fingerprint density at radius 1 is 1.38 bits per heavy atom. The third kappa shape index (κ3) is 2.77. The lowest BCUT2D eigenvalue weighted by Gasteiger charge is -2.06. The van der Waals surface area contributed by atoms with Crippen molar-refractivity contribution in [3.05, 3.63) is 5.82 Å². The molecule has 0 bridgehead atoms. The maximum atomic E-state index is 5.67. The van der Waals surface area contributed by atoms with E-state index in [4.69, 9.17) is 5.73 Å². The van der Waals surface area contributed by atoms with Gasteiger partial charge in [-0.1, -0.05) is 31.5 Å². The normalized spacial score (nSPS) is 15.6. The van der Waals surface area contributed by atoms with Crippen LogP contribution in [0.15, 0.2) is 5.16 Å². The molecule has 1 aliphatic carbocycles. The second-order valence-corrected chi connectivity index (χ2v) is 5.32. The topological polar surface area (TPSA) is 56.7 Å². The van der Waals surface area contributed by atoms with Gasteiger partial charge < -0.3 is 10.3 Å². The van der Waals surface area contributed by atoms with Crippen LogP contribution in [0, 0.1) is 0 Å². The lowest BCUT2D eigenvalue weighted by molar-refractivity contribution is 0.626. The fraction of sp³-hybridized carbons (Fsp3) is 0.818. The maximum Gasteiger partial charge on any atom is 0.191 e. The summed E-state index contributed by atoms with van der Waals surface area (Å²) in [5.74, 6) is 2.09. The first-order valence-electron chi connectivity index (χ1n) is 6.13. The zero-order chi connectivity index (χ0) is 11.4. The minimum atomic E-state index is 0.499. The van der Waals surface area contributed by atoms with Crippen LogP contribution >= 0.6 is 11.8 Å². The molecule has 0 aliphatic heterocycles. The summed E-state index contributed by atoms with van der Waals surface area (Å²) in [6.07, 6.45) is 6.34. The summed E-state index contributed by atoms with van der Waals surface area (Å²) in [6, 6.07) is 0.627. The second kappa shape index (κ2) is 5.68. The smallest absolute Gasteiger partial charge is 0.191 e. The van der Waals surface area contributed by atoms with Gasteiger partial charge in [0.05, 0.1) is 6.54 Å². The average Bonchev–Trinajstić information content (AvgIpc) is 3.06. The molecule has 0 spiro atoms. The van der Waals surface area contributed by atoms with E-state index in [1.54, 1.807) is 0 Å². The molecule has 1 aromatic heterocycles. The van der Waals surface area contributed by atoms with Crippen molar-refractivity contribution >= 4 is 11.8 Å². The largest absolute Gasteiger partial charge is 0.324 e. The van der Waals surface area contributed by atoms with Crippen molar-refractivity contribution in [2.24, 2.45) is 5.73 Å². The van der Waals surface area contributed by atoms with Crippen molar-refractivity contribution in [3.63, 3.8) is 0 Å². The Balaban J connectivity index is 1.94. The fourth-order valence-corrected chi connectivity index (χ4v) is 2.78. The van der Waals surface area contributed by atoms with Gasteiger partial charge in [0.2, 0.25) is 0 Å². The molecule has 5 heteroatoms. The van der Waals surface area contributed by atoms with Crippen LogP contribution in [0.1, 0.15) is 50.9 Å². The van der Waals surface area contributed by atoms with E-state index < -0.39 is 0 Å². The van der Waals surface area contributed by atoms with Crippen LogP contribution in [0.25, 0.3) is 0 Å². The van der Waals surface area contributed by atoms with E-state index in [0.717, 1.165) is 16.7 Å². The average molecular weight is 240 g/mol. The van der Waals surface area contributed by atoms with Crippen LogP contribution in [-0.2, 0) is 6.54 Å². The molecule has 0 unspecified atom stereocenters. The van der Waals surface area contributed by atoms with E-state index in [0.29, 0.717) is 12.6 Å². The number of rotatable bonds is 7. The van der Waals surface area contributed by atoms with Crippen molar-refractivity contribution in [2.75, 3.05) is 5.75 Å². The highest BCUT2D eigenvalue weighted by molar-refractivity contribution is 7.99. The third-order valence-corrected chi connectivity index (χ3v) is 3.84. The predicted molar refractivity (Wildman–Crippen MR) is 66.4 cm³/mol. The van der Waals surface area contributed by atoms with E-state index >= 15 is 0 Å². The van der Waals surface area contributed by atoms with Crippen molar-refractivity contribution in [1.29, 1.82) is 0 Å². The molecule has 16 heavy (non-hydrogen) atoms. The Kier molecular flexibility index (Phi) is 4.23. The van der Waals surface area contributed by atoms with Gasteiger partial charge in [-0.3, -0.25) is 0 Å². The standard InChI is InChI=1S/C11H20N4S/c1-2-3-4-7-16-11-14-13-10(8-12)15(11)9-5-6-9/h9H,2-8,12H2,1H3. The number of nitrogens with zero attached hydrogens (tertiary/aromatic N) is 3. The quantitative estimate of drug-likeness (QED) is 0.587. The van der Waals surface area contributed by atoms with Gasteiger partial charge in [0.25, 0.3) is 0 Å². The van der Waals surface area contributed by atoms with Gasteiger partial charge in [-0.05, 0) is 19.3 Å². The van der Waals surface area contributed by atoms with Crippen LogP contribution in [0.5, 0.6) is 0 Å². The molecule has 0 amide bonds. The maximum absolute atomic E-state index is 5.67. The number of aromatic nitrogens is 3. The first kappa shape index (κ1) is 11.9. The number of unbranched alkanes of at least 4 members (excludes halogenated alkanes) is 2. The Hall–Kier alpha value is -0.550. The minimum Gasteiger partial charge on any atom is -0.324 e. The molecule has 0 atom stereocenters. The molecule has 2 rings (SSSR count). The Morgan fingerprint density at radius 3 is 2.81 bits per heavy atom. The predicted octanol–water partition coefficient (Wildman–Crippen LogP) is 2.35. The lowest BCUT2D eigenvalue weighted by atomic mass is 10.3. The van der Waals surface area contributed by atoms with E-state index in [1.165, 1.54) is 32.1 Å². The van der Waals surface area contributed by atoms with Gasteiger partial charge in [0.1, 0.15) is 5.82 Å². The van der Waals surface area contributed by atoms with Crippen molar-refractivity contribution in [1.82, 2.24) is 14.8 Å². The van der Waals surface area contributed by atoms with Gasteiger partial charge in [-0.25, -0.2) is 0 Å². The van der Waals surface area contributed by atoms with Gasteiger partial charge in [0.15, 0.2) is 5.16 Å². The van der Waals surface area contributed by atoms with Crippen LogP contribution in [0.4, 0.5) is 0 Å². The van der Waals surface area contributed by atoms with Gasteiger partial charge in [0, 0.05) is 11.8 Å². The Labute approximate surface area is 101 Å². The minimum absolute atomic E-state index is 0.499.